The Bertz CT molecular complexity index is 966. The number of amides is 3. The van der Waals surface area contributed by atoms with Crippen LogP contribution < -0.4 is 10.6 Å². The minimum atomic E-state index is -0.572. The van der Waals surface area contributed by atoms with Crippen molar-refractivity contribution in [1.29, 1.82) is 0 Å². The number of rotatable bonds is 5. The highest BCUT2D eigenvalue weighted by Crippen LogP contribution is 2.25. The molecule has 1 atom stereocenters. The summed E-state index contributed by atoms with van der Waals surface area (Å²) >= 11 is 6.00. The lowest BCUT2D eigenvalue weighted by atomic mass is 9.97. The summed E-state index contributed by atoms with van der Waals surface area (Å²) in [4.78, 5) is 38.7. The number of hydrogen-bond donors (Lipinski definition) is 2. The van der Waals surface area contributed by atoms with E-state index in [1.165, 1.54) is 0 Å². The van der Waals surface area contributed by atoms with Crippen LogP contribution in [0.5, 0.6) is 0 Å². The molecule has 0 saturated carbocycles. The summed E-state index contributed by atoms with van der Waals surface area (Å²) in [5.41, 5.74) is 0.0221. The van der Waals surface area contributed by atoms with Crippen molar-refractivity contribution in [3.63, 3.8) is 0 Å². The minimum Gasteiger partial charge on any atom is -0.451 e. The van der Waals surface area contributed by atoms with Gasteiger partial charge in [0.1, 0.15) is 11.2 Å². The van der Waals surface area contributed by atoms with Crippen LogP contribution in [0.15, 0.2) is 28.7 Å². The van der Waals surface area contributed by atoms with E-state index >= 15 is 0 Å². The molecule has 2 heterocycles. The molecule has 1 saturated heterocycles. The van der Waals surface area contributed by atoms with E-state index in [0.29, 0.717) is 30.1 Å². The number of halogens is 1. The van der Waals surface area contributed by atoms with Crippen LogP contribution in [0, 0.1) is 5.92 Å². The molecule has 0 aliphatic carbocycles. The number of benzene rings is 1. The van der Waals surface area contributed by atoms with Gasteiger partial charge in [-0.05, 0) is 57.9 Å². The number of nitrogens with zero attached hydrogens (tertiary/aromatic N) is 1. The normalized spacial score (nSPS) is 16.8. The van der Waals surface area contributed by atoms with Gasteiger partial charge in [0.05, 0.1) is 5.92 Å². The molecule has 2 aromatic rings. The van der Waals surface area contributed by atoms with Gasteiger partial charge in [-0.15, -0.1) is 0 Å². The van der Waals surface area contributed by atoms with Gasteiger partial charge in [0.15, 0.2) is 5.76 Å². The largest absolute Gasteiger partial charge is 0.451 e. The Morgan fingerprint density at radius 2 is 1.94 bits per heavy atom. The van der Waals surface area contributed by atoms with Gasteiger partial charge in [-0.1, -0.05) is 11.6 Å². The minimum absolute atomic E-state index is 0.139. The maximum atomic E-state index is 12.9. The van der Waals surface area contributed by atoms with E-state index in [4.69, 9.17) is 20.8 Å². The van der Waals surface area contributed by atoms with Gasteiger partial charge in [-0.3, -0.25) is 9.59 Å². The fourth-order valence-corrected chi connectivity index (χ4v) is 3.64. The molecule has 3 amide bonds. The van der Waals surface area contributed by atoms with Crippen molar-refractivity contribution in [2.45, 2.75) is 39.2 Å². The summed E-state index contributed by atoms with van der Waals surface area (Å²) in [6, 6.07) is 6.86. The van der Waals surface area contributed by atoms with Gasteiger partial charge < -0.3 is 24.7 Å². The molecule has 8 nitrogen and oxygen atoms in total. The predicted molar refractivity (Wildman–Crippen MR) is 117 cm³/mol. The van der Waals surface area contributed by atoms with Gasteiger partial charge in [-0.2, -0.15) is 0 Å². The lowest BCUT2D eigenvalue weighted by Gasteiger charge is -2.31. The maximum absolute atomic E-state index is 12.9. The Kier molecular flexibility index (Phi) is 7.10. The molecule has 31 heavy (non-hydrogen) atoms. The first kappa shape index (κ1) is 22.9. The molecule has 9 heteroatoms. The van der Waals surface area contributed by atoms with Crippen LogP contribution in [-0.4, -0.2) is 54.6 Å². The van der Waals surface area contributed by atoms with Crippen LogP contribution in [0.25, 0.3) is 11.0 Å². The third-order valence-corrected chi connectivity index (χ3v) is 5.10. The van der Waals surface area contributed by atoms with E-state index in [-0.39, 0.29) is 36.6 Å². The number of likely N-dealkylation sites (tertiary alicyclic amines) is 1. The summed E-state index contributed by atoms with van der Waals surface area (Å²) in [5.74, 6) is -0.450. The van der Waals surface area contributed by atoms with Crippen LogP contribution in [0.2, 0.25) is 5.02 Å². The molecular weight excluding hydrogens is 422 g/mol. The molecule has 1 aromatic carbocycles. The van der Waals surface area contributed by atoms with Crippen molar-refractivity contribution < 1.29 is 23.5 Å². The number of furan rings is 1. The average Bonchev–Trinajstić information content (AvgIpc) is 3.12. The molecule has 1 fully saturated rings. The summed E-state index contributed by atoms with van der Waals surface area (Å²) < 4.78 is 10.8. The monoisotopic (exact) mass is 449 g/mol. The second-order valence-electron chi connectivity index (χ2n) is 8.60. The van der Waals surface area contributed by atoms with Crippen molar-refractivity contribution in [3.05, 3.63) is 35.0 Å². The highest BCUT2D eigenvalue weighted by atomic mass is 35.5. The molecule has 1 unspecified atom stereocenters. The standard InChI is InChI=1S/C22H28ClN3O5/c1-22(2,3)31-21(29)25-9-8-24-19(27)14-5-4-10-26(13-14)20(28)18-12-15-11-16(23)6-7-17(15)30-18/h6-7,11-12,14H,4-5,8-10,13H2,1-3H3,(H,24,27)(H,25,29). The number of alkyl carbamates (subject to hydrolysis) is 1. The van der Waals surface area contributed by atoms with E-state index in [1.54, 1.807) is 49.9 Å². The number of carbonyl (C=O) groups excluding carboxylic acids is 3. The Labute approximate surface area is 186 Å². The van der Waals surface area contributed by atoms with Crippen LogP contribution in [0.4, 0.5) is 4.79 Å². The van der Waals surface area contributed by atoms with Crippen LogP contribution in [0.1, 0.15) is 44.2 Å². The van der Waals surface area contributed by atoms with E-state index in [9.17, 15) is 14.4 Å². The maximum Gasteiger partial charge on any atom is 0.407 e. The zero-order chi connectivity index (χ0) is 22.6. The molecule has 2 N–H and O–H groups in total. The Morgan fingerprint density at radius 3 is 2.68 bits per heavy atom. The molecule has 0 spiro atoms. The second-order valence-corrected chi connectivity index (χ2v) is 9.04. The van der Waals surface area contributed by atoms with E-state index in [0.717, 1.165) is 11.8 Å². The zero-order valence-corrected chi connectivity index (χ0v) is 18.8. The summed E-state index contributed by atoms with van der Waals surface area (Å²) in [7, 11) is 0. The first-order valence-corrected chi connectivity index (χ1v) is 10.7. The second kappa shape index (κ2) is 9.60. The van der Waals surface area contributed by atoms with Gasteiger partial charge in [-0.25, -0.2) is 4.79 Å². The van der Waals surface area contributed by atoms with Crippen LogP contribution in [0.3, 0.4) is 0 Å². The van der Waals surface area contributed by atoms with Crippen molar-refractivity contribution in [2.24, 2.45) is 5.92 Å². The lowest BCUT2D eigenvalue weighted by molar-refractivity contribution is -0.126. The van der Waals surface area contributed by atoms with E-state index in [2.05, 4.69) is 10.6 Å². The number of carbonyl (C=O) groups is 3. The summed E-state index contributed by atoms with van der Waals surface area (Å²) in [5, 5.41) is 6.75. The van der Waals surface area contributed by atoms with Gasteiger partial charge in [0.2, 0.25) is 5.91 Å². The zero-order valence-electron chi connectivity index (χ0n) is 18.0. The Morgan fingerprint density at radius 1 is 1.19 bits per heavy atom. The highest BCUT2D eigenvalue weighted by Gasteiger charge is 2.30. The first-order valence-electron chi connectivity index (χ1n) is 10.4. The number of nitrogens with one attached hydrogen (secondary N) is 2. The third-order valence-electron chi connectivity index (χ3n) is 4.86. The van der Waals surface area contributed by atoms with Gasteiger partial charge in [0, 0.05) is 36.6 Å². The summed E-state index contributed by atoms with van der Waals surface area (Å²) in [6.45, 7) is 6.79. The SMILES string of the molecule is CC(C)(C)OC(=O)NCCNC(=O)C1CCCN(C(=O)c2cc3cc(Cl)ccc3o2)C1. The topological polar surface area (TPSA) is 101 Å². The number of hydrogen-bond acceptors (Lipinski definition) is 5. The average molecular weight is 450 g/mol. The van der Waals surface area contributed by atoms with Crippen molar-refractivity contribution in [2.75, 3.05) is 26.2 Å². The predicted octanol–water partition coefficient (Wildman–Crippen LogP) is 3.58. The van der Waals surface area contributed by atoms with Crippen LogP contribution >= 0.6 is 11.6 Å². The Hall–Kier alpha value is -2.74. The molecule has 0 bridgehead atoms. The molecule has 1 aromatic heterocycles. The van der Waals surface area contributed by atoms with E-state index in [1.807, 2.05) is 0 Å². The summed E-state index contributed by atoms with van der Waals surface area (Å²) in [6.07, 6.45) is 0.903. The lowest BCUT2D eigenvalue weighted by Crippen LogP contribution is -2.46. The first-order chi connectivity index (χ1) is 14.6. The van der Waals surface area contributed by atoms with Crippen molar-refractivity contribution >= 4 is 40.5 Å². The highest BCUT2D eigenvalue weighted by molar-refractivity contribution is 6.31. The molecular formula is C22H28ClN3O5. The smallest absolute Gasteiger partial charge is 0.407 e. The van der Waals surface area contributed by atoms with Gasteiger partial charge in [0.25, 0.3) is 5.91 Å². The quantitative estimate of drug-likeness (QED) is 0.679. The number of fused-ring (bicyclic) bond motifs is 1. The van der Waals surface area contributed by atoms with E-state index < -0.39 is 11.7 Å². The number of piperidine rings is 1. The third kappa shape index (κ3) is 6.37. The van der Waals surface area contributed by atoms with Gasteiger partial charge >= 0.3 is 6.09 Å². The number of ether oxygens (including phenoxy) is 1. The molecule has 0 radical (unpaired) electrons. The van der Waals surface area contributed by atoms with Crippen LogP contribution in [-0.2, 0) is 9.53 Å². The molecule has 1 aliphatic heterocycles. The molecule has 168 valence electrons. The molecule has 1 aliphatic rings. The Balaban J connectivity index is 1.49. The van der Waals surface area contributed by atoms with Crippen molar-refractivity contribution in [1.82, 2.24) is 15.5 Å². The molecule has 3 rings (SSSR count). The fourth-order valence-electron chi connectivity index (χ4n) is 3.46. The van der Waals surface area contributed by atoms with Crippen molar-refractivity contribution in [3.8, 4) is 0 Å². The fraction of sp³-hybridized carbons (Fsp3) is 0.500.